The standard InChI is InChI=1S/C44H28OS/c1-2-12-27(13-3-1)40-32-17-4-5-18-33(32)41(43-36(40)24-25-39-42(43)35-19-7-9-23-38(35)46-39)29-15-10-14-28(26-29)30-20-11-21-34-31-16-6-8-22-37(31)45-44(30)34/h1-23,26H,24-25H2. The Labute approximate surface area is 271 Å². The molecule has 2 aromatic heterocycles. The van der Waals surface area contributed by atoms with E-state index in [1.807, 2.05) is 17.4 Å². The SMILES string of the molecule is c1ccc(-c2c3c(c(-c4cccc(-c5cccc6c5oc5ccccc56)c4)c4ccccc24)-c2c(sc4ccccc24)CC3)cc1. The van der Waals surface area contributed by atoms with Gasteiger partial charge in [0, 0.05) is 36.9 Å². The van der Waals surface area contributed by atoms with Crippen molar-refractivity contribution < 1.29 is 4.42 Å². The summed E-state index contributed by atoms with van der Waals surface area (Å²) >= 11 is 1.97. The highest BCUT2D eigenvalue weighted by Gasteiger charge is 2.29. The molecule has 0 radical (unpaired) electrons. The average Bonchev–Trinajstić information content (AvgIpc) is 3.70. The number of thiophene rings is 1. The van der Waals surface area contributed by atoms with Crippen LogP contribution < -0.4 is 0 Å². The molecule has 7 aromatic carbocycles. The van der Waals surface area contributed by atoms with Crippen molar-refractivity contribution in [1.82, 2.24) is 0 Å². The summed E-state index contributed by atoms with van der Waals surface area (Å²) in [7, 11) is 0. The molecule has 0 atom stereocenters. The fourth-order valence-corrected chi connectivity index (χ4v) is 9.06. The summed E-state index contributed by atoms with van der Waals surface area (Å²) in [6, 6.07) is 53.0. The van der Waals surface area contributed by atoms with Gasteiger partial charge in [0.25, 0.3) is 0 Å². The molecule has 1 aliphatic carbocycles. The fourth-order valence-electron chi connectivity index (χ4n) is 7.85. The zero-order valence-corrected chi connectivity index (χ0v) is 25.9. The van der Waals surface area contributed by atoms with Gasteiger partial charge in [-0.25, -0.2) is 0 Å². The maximum Gasteiger partial charge on any atom is 0.143 e. The number of para-hydroxylation sites is 2. The fraction of sp³-hybridized carbons (Fsp3) is 0.0455. The Morgan fingerprint density at radius 2 is 1.09 bits per heavy atom. The third-order valence-electron chi connectivity index (χ3n) is 9.77. The van der Waals surface area contributed by atoms with E-state index in [9.17, 15) is 0 Å². The topological polar surface area (TPSA) is 13.1 Å². The van der Waals surface area contributed by atoms with E-state index in [2.05, 4.69) is 140 Å². The van der Waals surface area contributed by atoms with Crippen molar-refractivity contribution >= 4 is 54.1 Å². The molecule has 0 amide bonds. The summed E-state index contributed by atoms with van der Waals surface area (Å²) in [5.41, 5.74) is 13.7. The monoisotopic (exact) mass is 604 g/mol. The van der Waals surface area contributed by atoms with E-state index in [1.54, 1.807) is 0 Å². The van der Waals surface area contributed by atoms with Crippen LogP contribution in [0.1, 0.15) is 10.4 Å². The lowest BCUT2D eigenvalue weighted by molar-refractivity contribution is 0.670. The van der Waals surface area contributed by atoms with E-state index in [0.29, 0.717) is 0 Å². The molecule has 1 nitrogen and oxygen atoms in total. The number of hydrogen-bond donors (Lipinski definition) is 0. The van der Waals surface area contributed by atoms with Crippen molar-refractivity contribution in [3.05, 3.63) is 156 Å². The van der Waals surface area contributed by atoms with Crippen LogP contribution in [0.2, 0.25) is 0 Å². The average molecular weight is 605 g/mol. The molecule has 0 saturated carbocycles. The van der Waals surface area contributed by atoms with Crippen molar-refractivity contribution in [2.45, 2.75) is 12.8 Å². The van der Waals surface area contributed by atoms with Gasteiger partial charge >= 0.3 is 0 Å². The van der Waals surface area contributed by atoms with E-state index in [1.165, 1.54) is 70.2 Å². The zero-order chi connectivity index (χ0) is 30.2. The Bertz CT molecular complexity index is 2640. The van der Waals surface area contributed by atoms with Crippen LogP contribution in [0.4, 0.5) is 0 Å². The van der Waals surface area contributed by atoms with Crippen molar-refractivity contribution in [2.24, 2.45) is 0 Å². The smallest absolute Gasteiger partial charge is 0.143 e. The van der Waals surface area contributed by atoms with Gasteiger partial charge in [-0.3, -0.25) is 0 Å². The molecule has 0 spiro atoms. The number of benzene rings is 7. The molecule has 0 saturated heterocycles. The Morgan fingerprint density at radius 1 is 0.435 bits per heavy atom. The largest absolute Gasteiger partial charge is 0.455 e. The lowest BCUT2D eigenvalue weighted by Crippen LogP contribution is -2.07. The first-order chi connectivity index (χ1) is 22.8. The van der Waals surface area contributed by atoms with E-state index < -0.39 is 0 Å². The van der Waals surface area contributed by atoms with Crippen molar-refractivity contribution in [3.8, 4) is 44.5 Å². The lowest BCUT2D eigenvalue weighted by atomic mass is 9.76. The number of aryl methyl sites for hydroxylation is 1. The quantitative estimate of drug-likeness (QED) is 0.196. The molecule has 2 heteroatoms. The summed E-state index contributed by atoms with van der Waals surface area (Å²) in [5.74, 6) is 0. The van der Waals surface area contributed by atoms with Gasteiger partial charge in [-0.2, -0.15) is 0 Å². The van der Waals surface area contributed by atoms with Gasteiger partial charge in [-0.15, -0.1) is 11.3 Å². The minimum absolute atomic E-state index is 0.925. The highest BCUT2D eigenvalue weighted by molar-refractivity contribution is 7.19. The first-order valence-electron chi connectivity index (χ1n) is 16.0. The molecule has 0 aliphatic heterocycles. The van der Waals surface area contributed by atoms with E-state index in [0.717, 1.165) is 40.3 Å². The van der Waals surface area contributed by atoms with Crippen LogP contribution in [0.3, 0.4) is 0 Å². The van der Waals surface area contributed by atoms with Crippen LogP contribution in [-0.2, 0) is 12.8 Å². The molecular formula is C44H28OS. The molecule has 1 aliphatic rings. The Hall–Kier alpha value is -5.44. The molecule has 216 valence electrons. The summed E-state index contributed by atoms with van der Waals surface area (Å²) in [4.78, 5) is 1.49. The van der Waals surface area contributed by atoms with Gasteiger partial charge in [0.2, 0.25) is 0 Å². The van der Waals surface area contributed by atoms with Crippen LogP contribution in [0.25, 0.3) is 87.3 Å². The maximum absolute atomic E-state index is 6.49. The highest BCUT2D eigenvalue weighted by atomic mass is 32.1. The van der Waals surface area contributed by atoms with E-state index >= 15 is 0 Å². The molecule has 10 rings (SSSR count). The molecule has 9 aromatic rings. The predicted octanol–water partition coefficient (Wildman–Crippen LogP) is 12.7. The second-order valence-electron chi connectivity index (χ2n) is 12.3. The lowest BCUT2D eigenvalue weighted by Gasteiger charge is -2.27. The first-order valence-corrected chi connectivity index (χ1v) is 16.8. The van der Waals surface area contributed by atoms with Crippen LogP contribution in [0.15, 0.2) is 150 Å². The van der Waals surface area contributed by atoms with Crippen molar-refractivity contribution in [3.63, 3.8) is 0 Å². The Balaban J connectivity index is 1.31. The van der Waals surface area contributed by atoms with Crippen LogP contribution in [0.5, 0.6) is 0 Å². The molecule has 2 heterocycles. The normalized spacial score (nSPS) is 12.6. The third kappa shape index (κ3) is 3.74. The van der Waals surface area contributed by atoms with E-state index in [4.69, 9.17) is 4.42 Å². The van der Waals surface area contributed by atoms with Gasteiger partial charge in [-0.1, -0.05) is 127 Å². The number of furan rings is 1. The maximum atomic E-state index is 6.49. The predicted molar refractivity (Wildman–Crippen MR) is 196 cm³/mol. The van der Waals surface area contributed by atoms with Gasteiger partial charge in [0.05, 0.1) is 0 Å². The molecule has 0 unspecified atom stereocenters. The summed E-state index contributed by atoms with van der Waals surface area (Å²) in [5, 5.41) is 6.28. The molecular weight excluding hydrogens is 577 g/mol. The van der Waals surface area contributed by atoms with Crippen molar-refractivity contribution in [1.29, 1.82) is 0 Å². The minimum Gasteiger partial charge on any atom is -0.455 e. The summed E-state index contributed by atoms with van der Waals surface area (Å²) in [6.07, 6.45) is 2.09. The van der Waals surface area contributed by atoms with Gasteiger partial charge in [-0.05, 0) is 80.8 Å². The van der Waals surface area contributed by atoms with Crippen LogP contribution >= 0.6 is 11.3 Å². The van der Waals surface area contributed by atoms with E-state index in [-0.39, 0.29) is 0 Å². The zero-order valence-electron chi connectivity index (χ0n) is 25.1. The highest BCUT2D eigenvalue weighted by Crippen LogP contribution is 2.53. The molecule has 46 heavy (non-hydrogen) atoms. The van der Waals surface area contributed by atoms with Crippen LogP contribution in [0, 0.1) is 0 Å². The number of hydrogen-bond acceptors (Lipinski definition) is 2. The minimum atomic E-state index is 0.925. The molecule has 0 bridgehead atoms. The Kier molecular flexibility index (Phi) is 5.64. The molecule has 0 fully saturated rings. The Morgan fingerprint density at radius 3 is 1.96 bits per heavy atom. The van der Waals surface area contributed by atoms with Gasteiger partial charge in [0.1, 0.15) is 11.2 Å². The number of fused-ring (bicyclic) bond motifs is 9. The van der Waals surface area contributed by atoms with Gasteiger partial charge < -0.3 is 4.42 Å². The van der Waals surface area contributed by atoms with Crippen LogP contribution in [-0.4, -0.2) is 0 Å². The first kappa shape index (κ1) is 25.8. The molecule has 0 N–H and O–H groups in total. The van der Waals surface area contributed by atoms with Gasteiger partial charge in [0.15, 0.2) is 0 Å². The third-order valence-corrected chi connectivity index (χ3v) is 11.0. The summed E-state index contributed by atoms with van der Waals surface area (Å²) < 4.78 is 7.86. The number of rotatable bonds is 3. The summed E-state index contributed by atoms with van der Waals surface area (Å²) in [6.45, 7) is 0. The second kappa shape index (κ2) is 10.0. The van der Waals surface area contributed by atoms with Crippen molar-refractivity contribution in [2.75, 3.05) is 0 Å². The second-order valence-corrected chi connectivity index (χ2v) is 13.4.